The number of halogens is 3. The van der Waals surface area contributed by atoms with Crippen molar-refractivity contribution in [3.63, 3.8) is 0 Å². The van der Waals surface area contributed by atoms with Crippen molar-refractivity contribution in [3.8, 4) is 0 Å². The smallest absolute Gasteiger partial charge is 0.191 e. The van der Waals surface area contributed by atoms with Gasteiger partial charge in [0.15, 0.2) is 5.96 Å². The number of benzene rings is 1. The van der Waals surface area contributed by atoms with E-state index in [1.54, 1.807) is 30.5 Å². The minimum atomic E-state index is -0.211. The Labute approximate surface area is 153 Å². The van der Waals surface area contributed by atoms with E-state index in [-0.39, 0.29) is 29.8 Å². The van der Waals surface area contributed by atoms with Crippen molar-refractivity contribution in [2.24, 2.45) is 4.99 Å². The Balaban J connectivity index is 0.00000220. The van der Waals surface area contributed by atoms with Gasteiger partial charge in [-0.15, -0.1) is 35.3 Å². The summed E-state index contributed by atoms with van der Waals surface area (Å²) in [4.78, 5) is 5.32. The molecule has 0 radical (unpaired) electrons. The number of rotatable bonds is 4. The highest BCUT2D eigenvalue weighted by atomic mass is 127. The van der Waals surface area contributed by atoms with Gasteiger partial charge < -0.3 is 10.6 Å². The van der Waals surface area contributed by atoms with Crippen LogP contribution in [0.1, 0.15) is 10.4 Å². The number of aliphatic imine (C=N–C) groups is 1. The maximum absolute atomic E-state index is 13.5. The van der Waals surface area contributed by atoms with Crippen molar-refractivity contribution in [2.45, 2.75) is 13.1 Å². The molecule has 0 saturated heterocycles. The highest BCUT2D eigenvalue weighted by Gasteiger charge is 2.03. The molecule has 0 spiro atoms. The second-order valence-electron chi connectivity index (χ2n) is 4.08. The van der Waals surface area contributed by atoms with E-state index in [0.29, 0.717) is 24.6 Å². The lowest BCUT2D eigenvalue weighted by Gasteiger charge is -2.11. The second kappa shape index (κ2) is 9.37. The molecule has 1 aromatic heterocycles. The molecule has 0 saturated carbocycles. The maximum atomic E-state index is 13.5. The zero-order valence-electron chi connectivity index (χ0n) is 11.4. The average molecular weight is 484 g/mol. The first-order chi connectivity index (χ1) is 9.69. The molecule has 1 aromatic carbocycles. The monoisotopic (exact) mass is 483 g/mol. The van der Waals surface area contributed by atoms with Crippen molar-refractivity contribution >= 4 is 57.2 Å². The fourth-order valence-corrected chi connectivity index (χ4v) is 3.08. The Bertz CT molecular complexity index is 603. The molecular weight excluding hydrogens is 468 g/mol. The van der Waals surface area contributed by atoms with Gasteiger partial charge in [0.1, 0.15) is 5.82 Å². The summed E-state index contributed by atoms with van der Waals surface area (Å²) < 4.78 is 14.6. The molecule has 0 bridgehead atoms. The van der Waals surface area contributed by atoms with Crippen molar-refractivity contribution in [1.29, 1.82) is 0 Å². The Morgan fingerprint density at radius 2 is 1.90 bits per heavy atom. The van der Waals surface area contributed by atoms with Gasteiger partial charge in [0.2, 0.25) is 0 Å². The number of hydrogen-bond acceptors (Lipinski definition) is 2. The lowest BCUT2D eigenvalue weighted by Crippen LogP contribution is -2.36. The van der Waals surface area contributed by atoms with Crippen LogP contribution in [0.5, 0.6) is 0 Å². The fourth-order valence-electron chi connectivity index (χ4n) is 1.66. The number of nitrogens with one attached hydrogen (secondary N) is 2. The summed E-state index contributed by atoms with van der Waals surface area (Å²) >= 11 is 5.10. The van der Waals surface area contributed by atoms with Crippen LogP contribution in [-0.4, -0.2) is 13.0 Å². The van der Waals surface area contributed by atoms with Crippen LogP contribution in [0.3, 0.4) is 0 Å². The maximum Gasteiger partial charge on any atom is 0.191 e. The van der Waals surface area contributed by atoms with Gasteiger partial charge in [-0.1, -0.05) is 18.2 Å². The Hall–Kier alpha value is -0.670. The minimum absolute atomic E-state index is 0. The molecule has 0 amide bonds. The summed E-state index contributed by atoms with van der Waals surface area (Å²) in [6, 6.07) is 10.8. The molecule has 2 rings (SSSR count). The molecule has 2 aromatic rings. The summed E-state index contributed by atoms with van der Waals surface area (Å²) in [6.45, 7) is 1.09. The second-order valence-corrected chi connectivity index (χ2v) is 6.62. The molecule has 0 fully saturated rings. The van der Waals surface area contributed by atoms with Crippen LogP contribution in [0.25, 0.3) is 0 Å². The first kappa shape index (κ1) is 18.4. The summed E-state index contributed by atoms with van der Waals surface area (Å²) in [5.41, 5.74) is 0.620. The van der Waals surface area contributed by atoms with E-state index in [9.17, 15) is 4.39 Å². The Morgan fingerprint density at radius 3 is 2.52 bits per heavy atom. The SMILES string of the molecule is CN=C(NCc1ccc(Br)s1)NCc1ccccc1F.I. The van der Waals surface area contributed by atoms with E-state index in [1.807, 2.05) is 18.2 Å². The van der Waals surface area contributed by atoms with Crippen LogP contribution < -0.4 is 10.6 Å². The van der Waals surface area contributed by atoms with Crippen molar-refractivity contribution in [2.75, 3.05) is 7.05 Å². The zero-order valence-corrected chi connectivity index (χ0v) is 16.1. The number of guanidine groups is 1. The van der Waals surface area contributed by atoms with Gasteiger partial charge in [-0.3, -0.25) is 4.99 Å². The third-order valence-electron chi connectivity index (χ3n) is 2.69. The van der Waals surface area contributed by atoms with Crippen molar-refractivity contribution in [3.05, 3.63) is 56.4 Å². The fraction of sp³-hybridized carbons (Fsp3) is 0.214. The van der Waals surface area contributed by atoms with Gasteiger partial charge in [0, 0.05) is 24.0 Å². The molecule has 0 aliphatic heterocycles. The van der Waals surface area contributed by atoms with Gasteiger partial charge in [-0.05, 0) is 34.1 Å². The molecule has 114 valence electrons. The van der Waals surface area contributed by atoms with Gasteiger partial charge in [0.05, 0.1) is 10.3 Å². The molecule has 0 atom stereocenters. The van der Waals surface area contributed by atoms with E-state index in [0.717, 1.165) is 3.79 Å². The minimum Gasteiger partial charge on any atom is -0.352 e. The summed E-state index contributed by atoms with van der Waals surface area (Å²) in [7, 11) is 1.70. The van der Waals surface area contributed by atoms with Crippen LogP contribution in [0, 0.1) is 5.82 Å². The number of nitrogens with zero attached hydrogens (tertiary/aromatic N) is 1. The third kappa shape index (κ3) is 5.91. The van der Waals surface area contributed by atoms with Gasteiger partial charge >= 0.3 is 0 Å². The molecule has 2 N–H and O–H groups in total. The van der Waals surface area contributed by atoms with Crippen LogP contribution in [-0.2, 0) is 13.1 Å². The van der Waals surface area contributed by atoms with E-state index < -0.39 is 0 Å². The van der Waals surface area contributed by atoms with E-state index in [2.05, 4.69) is 31.6 Å². The molecule has 3 nitrogen and oxygen atoms in total. The van der Waals surface area contributed by atoms with E-state index >= 15 is 0 Å². The number of hydrogen-bond donors (Lipinski definition) is 2. The molecular formula is C14H16BrFIN3S. The summed E-state index contributed by atoms with van der Waals surface area (Å²) in [5.74, 6) is 0.440. The Kier molecular flexibility index (Phi) is 8.20. The van der Waals surface area contributed by atoms with Crippen molar-refractivity contribution in [1.82, 2.24) is 10.6 Å². The average Bonchev–Trinajstić information content (AvgIpc) is 2.86. The molecule has 21 heavy (non-hydrogen) atoms. The lowest BCUT2D eigenvalue weighted by atomic mass is 10.2. The first-order valence-corrected chi connectivity index (χ1v) is 7.72. The highest BCUT2D eigenvalue weighted by molar-refractivity contribution is 14.0. The zero-order chi connectivity index (χ0) is 14.4. The van der Waals surface area contributed by atoms with Gasteiger partial charge in [-0.25, -0.2) is 4.39 Å². The summed E-state index contributed by atoms with van der Waals surface area (Å²) in [6.07, 6.45) is 0. The van der Waals surface area contributed by atoms with E-state index in [4.69, 9.17) is 0 Å². The normalized spacial score (nSPS) is 10.9. The van der Waals surface area contributed by atoms with Crippen LogP contribution >= 0.6 is 51.2 Å². The largest absolute Gasteiger partial charge is 0.352 e. The molecule has 0 aliphatic carbocycles. The van der Waals surface area contributed by atoms with Gasteiger partial charge in [0.25, 0.3) is 0 Å². The molecule has 0 unspecified atom stereocenters. The standard InChI is InChI=1S/C14H15BrFN3S.HI/c1-17-14(19-9-11-6-7-13(15)20-11)18-8-10-4-2-3-5-12(10)16;/h2-7H,8-9H2,1H3,(H2,17,18,19);1H. The predicted molar refractivity (Wildman–Crippen MR) is 101 cm³/mol. The summed E-state index contributed by atoms with van der Waals surface area (Å²) in [5, 5.41) is 6.29. The lowest BCUT2D eigenvalue weighted by molar-refractivity contribution is 0.604. The number of thiophene rings is 1. The van der Waals surface area contributed by atoms with E-state index in [1.165, 1.54) is 10.9 Å². The first-order valence-electron chi connectivity index (χ1n) is 6.11. The third-order valence-corrected chi connectivity index (χ3v) is 4.31. The molecule has 7 heteroatoms. The topological polar surface area (TPSA) is 36.4 Å². The Morgan fingerprint density at radius 1 is 1.19 bits per heavy atom. The van der Waals surface area contributed by atoms with Crippen molar-refractivity contribution < 1.29 is 4.39 Å². The van der Waals surface area contributed by atoms with Crippen LogP contribution in [0.15, 0.2) is 45.2 Å². The predicted octanol–water partition coefficient (Wildman–Crippen LogP) is 4.13. The van der Waals surface area contributed by atoms with Crippen LogP contribution in [0.4, 0.5) is 4.39 Å². The molecule has 0 aliphatic rings. The highest BCUT2D eigenvalue weighted by Crippen LogP contribution is 2.21. The quantitative estimate of drug-likeness (QED) is 0.389. The van der Waals surface area contributed by atoms with Crippen LogP contribution in [0.2, 0.25) is 0 Å². The molecule has 1 heterocycles. The van der Waals surface area contributed by atoms with Gasteiger partial charge in [-0.2, -0.15) is 0 Å².